The van der Waals surface area contributed by atoms with E-state index in [1.54, 1.807) is 6.07 Å². The van der Waals surface area contributed by atoms with Crippen LogP contribution < -0.4 is 0 Å². The third kappa shape index (κ3) is 2.81. The van der Waals surface area contributed by atoms with Gasteiger partial charge in [-0.2, -0.15) is 0 Å². The van der Waals surface area contributed by atoms with Crippen LogP contribution in [0, 0.1) is 18.2 Å². The van der Waals surface area contributed by atoms with Crippen molar-refractivity contribution in [3.05, 3.63) is 35.1 Å². The number of hydrogen-bond acceptors (Lipinski definition) is 1. The number of hydrogen-bond donors (Lipinski definition) is 1. The maximum Gasteiger partial charge on any atom is 0.123 e. The van der Waals surface area contributed by atoms with Crippen LogP contribution in [0.3, 0.4) is 0 Å². The molecule has 1 N–H and O–H groups in total. The van der Waals surface area contributed by atoms with Gasteiger partial charge >= 0.3 is 0 Å². The molecule has 0 fully saturated rings. The first-order valence-electron chi connectivity index (χ1n) is 4.80. The summed E-state index contributed by atoms with van der Waals surface area (Å²) < 4.78 is 12.8. The first-order chi connectivity index (χ1) is 6.44. The Labute approximate surface area is 84.6 Å². The zero-order chi connectivity index (χ0) is 10.8. The van der Waals surface area contributed by atoms with Crippen molar-refractivity contribution >= 4 is 0 Å². The van der Waals surface area contributed by atoms with E-state index in [9.17, 15) is 4.39 Å². The van der Waals surface area contributed by atoms with Gasteiger partial charge in [-0.05, 0) is 42.0 Å². The van der Waals surface area contributed by atoms with Crippen LogP contribution in [-0.2, 0) is 6.42 Å². The van der Waals surface area contributed by atoms with Crippen LogP contribution in [-0.4, -0.2) is 11.7 Å². The SMILES string of the molecule is Cc1cc(F)ccc1CC(C)(C)CO. The molecular weight excluding hydrogens is 179 g/mol. The van der Waals surface area contributed by atoms with Crippen LogP contribution in [0.2, 0.25) is 0 Å². The third-order valence-electron chi connectivity index (χ3n) is 2.40. The molecule has 1 aromatic carbocycles. The van der Waals surface area contributed by atoms with Gasteiger partial charge in [0, 0.05) is 6.61 Å². The second-order valence-corrected chi connectivity index (χ2v) is 4.57. The summed E-state index contributed by atoms with van der Waals surface area (Å²) in [5, 5.41) is 9.13. The van der Waals surface area contributed by atoms with Crippen LogP contribution in [0.15, 0.2) is 18.2 Å². The van der Waals surface area contributed by atoms with Gasteiger partial charge in [0.1, 0.15) is 5.82 Å². The molecule has 0 aliphatic carbocycles. The molecule has 0 aromatic heterocycles. The lowest BCUT2D eigenvalue weighted by molar-refractivity contribution is 0.159. The average molecular weight is 196 g/mol. The van der Waals surface area contributed by atoms with Crippen molar-refractivity contribution in [3.8, 4) is 0 Å². The largest absolute Gasteiger partial charge is 0.396 e. The highest BCUT2D eigenvalue weighted by atomic mass is 19.1. The smallest absolute Gasteiger partial charge is 0.123 e. The molecule has 1 rings (SSSR count). The molecule has 1 aromatic rings. The minimum Gasteiger partial charge on any atom is -0.396 e. The van der Waals surface area contributed by atoms with Crippen molar-refractivity contribution in [2.24, 2.45) is 5.41 Å². The molecule has 2 heteroatoms. The third-order valence-corrected chi connectivity index (χ3v) is 2.40. The number of aliphatic hydroxyl groups excluding tert-OH is 1. The van der Waals surface area contributed by atoms with Crippen molar-refractivity contribution in [2.45, 2.75) is 27.2 Å². The zero-order valence-corrected chi connectivity index (χ0v) is 8.97. The monoisotopic (exact) mass is 196 g/mol. The average Bonchev–Trinajstić information content (AvgIpc) is 2.10. The van der Waals surface area contributed by atoms with Crippen molar-refractivity contribution in [3.63, 3.8) is 0 Å². The van der Waals surface area contributed by atoms with Gasteiger partial charge in [0.25, 0.3) is 0 Å². The fourth-order valence-corrected chi connectivity index (χ4v) is 1.43. The molecule has 0 unspecified atom stereocenters. The lowest BCUT2D eigenvalue weighted by Crippen LogP contribution is -2.20. The molecular formula is C12H17FO. The van der Waals surface area contributed by atoms with Gasteiger partial charge in [-0.15, -0.1) is 0 Å². The normalized spacial score (nSPS) is 11.8. The van der Waals surface area contributed by atoms with Gasteiger partial charge in [-0.25, -0.2) is 4.39 Å². The molecule has 0 radical (unpaired) electrons. The number of rotatable bonds is 3. The van der Waals surface area contributed by atoms with Gasteiger partial charge in [0.05, 0.1) is 0 Å². The summed E-state index contributed by atoms with van der Waals surface area (Å²) in [4.78, 5) is 0. The molecule has 0 bridgehead atoms. The van der Waals surface area contributed by atoms with Crippen molar-refractivity contribution in [2.75, 3.05) is 6.61 Å². The number of benzene rings is 1. The minimum absolute atomic E-state index is 0.136. The summed E-state index contributed by atoms with van der Waals surface area (Å²) in [6.07, 6.45) is 0.773. The predicted octanol–water partition coefficient (Wildman–Crippen LogP) is 2.70. The maximum atomic E-state index is 12.8. The lowest BCUT2D eigenvalue weighted by atomic mass is 9.85. The van der Waals surface area contributed by atoms with Gasteiger partial charge in [-0.3, -0.25) is 0 Å². The summed E-state index contributed by atoms with van der Waals surface area (Å²) in [5.41, 5.74) is 1.92. The van der Waals surface area contributed by atoms with Crippen molar-refractivity contribution in [1.82, 2.24) is 0 Å². The summed E-state index contributed by atoms with van der Waals surface area (Å²) in [7, 11) is 0. The van der Waals surface area contributed by atoms with Gasteiger partial charge in [0.15, 0.2) is 0 Å². The zero-order valence-electron chi connectivity index (χ0n) is 8.97. The van der Waals surface area contributed by atoms with Crippen LogP contribution in [0.5, 0.6) is 0 Å². The minimum atomic E-state index is -0.201. The van der Waals surface area contributed by atoms with Crippen LogP contribution >= 0.6 is 0 Å². The number of halogens is 1. The predicted molar refractivity (Wildman–Crippen MR) is 55.7 cm³/mol. The molecule has 0 aliphatic heterocycles. The Morgan fingerprint density at radius 2 is 2.00 bits per heavy atom. The van der Waals surface area contributed by atoms with Gasteiger partial charge in [0.2, 0.25) is 0 Å². The van der Waals surface area contributed by atoms with E-state index >= 15 is 0 Å². The van der Waals surface area contributed by atoms with Crippen LogP contribution in [0.25, 0.3) is 0 Å². The molecule has 0 aliphatic rings. The van der Waals surface area contributed by atoms with E-state index in [1.165, 1.54) is 12.1 Å². The van der Waals surface area contributed by atoms with E-state index in [1.807, 2.05) is 20.8 Å². The fraction of sp³-hybridized carbons (Fsp3) is 0.500. The first-order valence-corrected chi connectivity index (χ1v) is 4.80. The Morgan fingerprint density at radius 1 is 1.36 bits per heavy atom. The Balaban J connectivity index is 2.87. The molecule has 78 valence electrons. The van der Waals surface area contributed by atoms with E-state index in [2.05, 4.69) is 0 Å². The molecule has 0 atom stereocenters. The highest BCUT2D eigenvalue weighted by molar-refractivity contribution is 5.27. The second-order valence-electron chi connectivity index (χ2n) is 4.57. The number of aryl methyl sites for hydroxylation is 1. The van der Waals surface area contributed by atoms with Crippen LogP contribution in [0.1, 0.15) is 25.0 Å². The summed E-state index contributed by atoms with van der Waals surface area (Å²) in [6.45, 7) is 6.03. The lowest BCUT2D eigenvalue weighted by Gasteiger charge is -2.22. The maximum absolute atomic E-state index is 12.8. The molecule has 1 nitrogen and oxygen atoms in total. The van der Waals surface area contributed by atoms with Crippen molar-refractivity contribution < 1.29 is 9.50 Å². The van der Waals surface area contributed by atoms with E-state index < -0.39 is 0 Å². The molecule has 0 saturated heterocycles. The highest BCUT2D eigenvalue weighted by Crippen LogP contribution is 2.23. The molecule has 0 saturated carbocycles. The molecule has 0 spiro atoms. The van der Waals surface area contributed by atoms with Crippen LogP contribution in [0.4, 0.5) is 4.39 Å². The second kappa shape index (κ2) is 4.09. The Bertz CT molecular complexity index is 318. The van der Waals surface area contributed by atoms with E-state index in [-0.39, 0.29) is 17.8 Å². The standard InChI is InChI=1S/C12H17FO/c1-9-6-11(13)5-4-10(9)7-12(2,3)8-14/h4-6,14H,7-8H2,1-3H3. The molecule has 0 heterocycles. The van der Waals surface area contributed by atoms with E-state index in [0.29, 0.717) is 0 Å². The number of aliphatic hydroxyl groups is 1. The van der Waals surface area contributed by atoms with Gasteiger partial charge < -0.3 is 5.11 Å². The summed E-state index contributed by atoms with van der Waals surface area (Å²) in [6, 6.07) is 4.79. The quantitative estimate of drug-likeness (QED) is 0.788. The molecule has 0 amide bonds. The Morgan fingerprint density at radius 3 is 2.50 bits per heavy atom. The molecule has 14 heavy (non-hydrogen) atoms. The topological polar surface area (TPSA) is 20.2 Å². The highest BCUT2D eigenvalue weighted by Gasteiger charge is 2.18. The van der Waals surface area contributed by atoms with Crippen molar-refractivity contribution in [1.29, 1.82) is 0 Å². The fourth-order valence-electron chi connectivity index (χ4n) is 1.43. The summed E-state index contributed by atoms with van der Waals surface area (Å²) >= 11 is 0. The van der Waals surface area contributed by atoms with Gasteiger partial charge in [-0.1, -0.05) is 19.9 Å². The van der Waals surface area contributed by atoms with E-state index in [4.69, 9.17) is 5.11 Å². The van der Waals surface area contributed by atoms with E-state index in [0.717, 1.165) is 17.5 Å². The summed E-state index contributed by atoms with van der Waals surface area (Å²) in [5.74, 6) is -0.201. The Hall–Kier alpha value is -0.890. The Kier molecular flexibility index (Phi) is 3.27. The first kappa shape index (κ1) is 11.2.